The van der Waals surface area contributed by atoms with E-state index in [4.69, 9.17) is 11.5 Å². The van der Waals surface area contributed by atoms with E-state index in [1.165, 1.54) is 0 Å². The van der Waals surface area contributed by atoms with E-state index in [1.54, 1.807) is 0 Å². The molecule has 0 fully saturated rings. The first-order valence-corrected chi connectivity index (χ1v) is 5.34. The summed E-state index contributed by atoms with van der Waals surface area (Å²) in [6.07, 6.45) is 1.89. The Hall–Kier alpha value is -1.70. The van der Waals surface area contributed by atoms with Gasteiger partial charge in [-0.2, -0.15) is 0 Å². The third-order valence-electron chi connectivity index (χ3n) is 1.39. The van der Waals surface area contributed by atoms with Crippen molar-refractivity contribution >= 4 is 21.7 Å². The number of anilines is 1. The van der Waals surface area contributed by atoms with Gasteiger partial charge in [0.05, 0.1) is 5.56 Å². The van der Waals surface area contributed by atoms with Gasteiger partial charge in [0, 0.05) is 12.5 Å². The summed E-state index contributed by atoms with van der Waals surface area (Å²) in [5.41, 5.74) is 9.86. The molecule has 0 aromatic carbocycles. The van der Waals surface area contributed by atoms with E-state index in [0.29, 0.717) is 0 Å². The summed E-state index contributed by atoms with van der Waals surface area (Å²) in [4.78, 5) is 17.7. The van der Waals surface area contributed by atoms with E-state index >= 15 is 0 Å². The van der Waals surface area contributed by atoms with Crippen LogP contribution in [0.5, 0.6) is 0 Å². The van der Waals surface area contributed by atoms with Gasteiger partial charge in [0.25, 0.3) is 5.91 Å². The van der Waals surface area contributed by atoms with Crippen LogP contribution in [0.4, 0.5) is 5.95 Å². The van der Waals surface area contributed by atoms with E-state index in [-0.39, 0.29) is 11.5 Å². The predicted octanol–water partition coefficient (Wildman–Crippen LogP) is -1.44. The fourth-order valence-electron chi connectivity index (χ4n) is 0.831. The smallest absolute Gasteiger partial charge is 0.253 e. The second-order valence-electron chi connectivity index (χ2n) is 2.58. The van der Waals surface area contributed by atoms with Crippen molar-refractivity contribution in [2.24, 2.45) is 5.73 Å². The van der Waals surface area contributed by atoms with Gasteiger partial charge < -0.3 is 11.5 Å². The lowest BCUT2D eigenvalue weighted by atomic mass is 10.3. The Labute approximate surface area is 80.1 Å². The fraction of sp³-hybridized carbons (Fsp3) is 0.167. The van der Waals surface area contributed by atoms with E-state index in [2.05, 4.69) is 9.97 Å². The molecule has 0 unspecified atom stereocenters. The summed E-state index contributed by atoms with van der Waals surface area (Å²) in [7, 11) is -3.63. The third-order valence-corrected chi connectivity index (χ3v) is 2.40. The number of nitrogens with zero attached hydrogens (tertiary/aromatic N) is 2. The highest BCUT2D eigenvalue weighted by Crippen LogP contribution is 2.11. The fourth-order valence-corrected chi connectivity index (χ4v) is 1.64. The number of nitrogen functional groups attached to an aromatic ring is 1. The number of primary amides is 1. The van der Waals surface area contributed by atoms with Crippen molar-refractivity contribution in [2.75, 3.05) is 12.0 Å². The molecule has 7 nitrogen and oxygen atoms in total. The van der Waals surface area contributed by atoms with Gasteiger partial charge in [0.1, 0.15) is 0 Å². The van der Waals surface area contributed by atoms with Gasteiger partial charge in [-0.3, -0.25) is 4.79 Å². The van der Waals surface area contributed by atoms with Crippen molar-refractivity contribution in [3.8, 4) is 0 Å². The number of sulfone groups is 1. The molecule has 0 bridgehead atoms. The summed E-state index contributed by atoms with van der Waals surface area (Å²) in [6.45, 7) is 0. The highest BCUT2D eigenvalue weighted by molar-refractivity contribution is 7.90. The Morgan fingerprint density at radius 2 is 2.07 bits per heavy atom. The molecule has 0 radical (unpaired) electrons. The van der Waals surface area contributed by atoms with Crippen LogP contribution in [-0.4, -0.2) is 30.5 Å². The van der Waals surface area contributed by atoms with Gasteiger partial charge >= 0.3 is 0 Å². The first-order valence-electron chi connectivity index (χ1n) is 3.44. The summed E-state index contributed by atoms with van der Waals surface area (Å²) in [5.74, 6) is -1.14. The molecule has 0 saturated carbocycles. The van der Waals surface area contributed by atoms with Crippen molar-refractivity contribution in [3.05, 3.63) is 11.8 Å². The lowest BCUT2D eigenvalue weighted by molar-refractivity contribution is 0.0996. The molecule has 1 aromatic heterocycles. The Morgan fingerprint density at radius 3 is 2.50 bits per heavy atom. The maximum absolute atomic E-state index is 11.2. The van der Waals surface area contributed by atoms with Gasteiger partial charge in [-0.25, -0.2) is 18.4 Å². The molecule has 0 aliphatic carbocycles. The first kappa shape index (κ1) is 10.4. The number of rotatable bonds is 2. The van der Waals surface area contributed by atoms with Crippen LogP contribution in [0, 0.1) is 0 Å². The molecule has 1 aromatic rings. The number of carbonyl (C=O) groups excluding carboxylic acids is 1. The van der Waals surface area contributed by atoms with Crippen LogP contribution in [0.25, 0.3) is 0 Å². The standard InChI is InChI=1S/C6H8N4O3S/c1-14(12,13)5-3(4(7)11)2-9-6(8)10-5/h2H,1H3,(H2,7,11)(H2,8,9,10). The first-order chi connectivity index (χ1) is 6.32. The number of hydrogen-bond acceptors (Lipinski definition) is 6. The molecule has 76 valence electrons. The average Bonchev–Trinajstić information content (AvgIpc) is 2.01. The second kappa shape index (κ2) is 3.22. The minimum absolute atomic E-state index is 0.226. The molecule has 0 saturated heterocycles. The lowest BCUT2D eigenvalue weighted by Gasteiger charge is -2.02. The largest absolute Gasteiger partial charge is 0.368 e. The van der Waals surface area contributed by atoms with Crippen LogP contribution >= 0.6 is 0 Å². The molecule has 1 heterocycles. The topological polar surface area (TPSA) is 129 Å². The van der Waals surface area contributed by atoms with Crippen molar-refractivity contribution in [3.63, 3.8) is 0 Å². The summed E-state index contributed by atoms with van der Waals surface area (Å²) >= 11 is 0. The van der Waals surface area contributed by atoms with Gasteiger partial charge in [-0.1, -0.05) is 0 Å². The Morgan fingerprint density at radius 1 is 1.50 bits per heavy atom. The monoisotopic (exact) mass is 216 g/mol. The van der Waals surface area contributed by atoms with Crippen molar-refractivity contribution in [2.45, 2.75) is 5.03 Å². The molecule has 1 rings (SSSR count). The number of carbonyl (C=O) groups is 1. The van der Waals surface area contributed by atoms with Crippen molar-refractivity contribution in [1.82, 2.24) is 9.97 Å². The van der Waals surface area contributed by atoms with Crippen LogP contribution in [0.1, 0.15) is 10.4 Å². The third kappa shape index (κ3) is 1.96. The molecule has 0 aliphatic heterocycles. The van der Waals surface area contributed by atoms with Crippen LogP contribution in [0.15, 0.2) is 11.2 Å². The van der Waals surface area contributed by atoms with E-state index < -0.39 is 20.8 Å². The van der Waals surface area contributed by atoms with Gasteiger partial charge in [0.15, 0.2) is 14.9 Å². The predicted molar refractivity (Wildman–Crippen MR) is 48.1 cm³/mol. The summed E-state index contributed by atoms with van der Waals surface area (Å²) in [6, 6.07) is 0. The summed E-state index contributed by atoms with van der Waals surface area (Å²) < 4.78 is 22.3. The number of aromatic nitrogens is 2. The van der Waals surface area contributed by atoms with E-state index in [0.717, 1.165) is 12.5 Å². The van der Waals surface area contributed by atoms with E-state index in [1.807, 2.05) is 0 Å². The SMILES string of the molecule is CS(=O)(=O)c1nc(N)ncc1C(N)=O. The minimum atomic E-state index is -3.63. The molecule has 0 spiro atoms. The van der Waals surface area contributed by atoms with Gasteiger partial charge in [-0.05, 0) is 0 Å². The molecular weight excluding hydrogens is 208 g/mol. The lowest BCUT2D eigenvalue weighted by Crippen LogP contribution is -2.18. The Kier molecular flexibility index (Phi) is 2.39. The van der Waals surface area contributed by atoms with Gasteiger partial charge in [0.2, 0.25) is 5.95 Å². The molecular formula is C6H8N4O3S. The maximum Gasteiger partial charge on any atom is 0.253 e. The zero-order valence-corrected chi connectivity index (χ0v) is 8.08. The zero-order chi connectivity index (χ0) is 10.9. The van der Waals surface area contributed by atoms with Crippen molar-refractivity contribution in [1.29, 1.82) is 0 Å². The normalized spacial score (nSPS) is 11.2. The molecule has 0 atom stereocenters. The number of amides is 1. The van der Waals surface area contributed by atoms with Crippen molar-refractivity contribution < 1.29 is 13.2 Å². The van der Waals surface area contributed by atoms with Crippen LogP contribution < -0.4 is 11.5 Å². The maximum atomic E-state index is 11.2. The van der Waals surface area contributed by atoms with Gasteiger partial charge in [-0.15, -0.1) is 0 Å². The van der Waals surface area contributed by atoms with E-state index in [9.17, 15) is 13.2 Å². The molecule has 4 N–H and O–H groups in total. The minimum Gasteiger partial charge on any atom is -0.368 e. The average molecular weight is 216 g/mol. The Bertz CT molecular complexity index is 482. The zero-order valence-electron chi connectivity index (χ0n) is 7.26. The van der Waals surface area contributed by atoms with Crippen LogP contribution in [0.2, 0.25) is 0 Å². The molecule has 0 aliphatic rings. The highest BCUT2D eigenvalue weighted by Gasteiger charge is 2.19. The second-order valence-corrected chi connectivity index (χ2v) is 4.51. The number of nitrogens with two attached hydrogens (primary N) is 2. The number of hydrogen-bond donors (Lipinski definition) is 2. The quantitative estimate of drug-likeness (QED) is 0.582. The van der Waals surface area contributed by atoms with Crippen LogP contribution in [-0.2, 0) is 9.84 Å². The van der Waals surface area contributed by atoms with Crippen LogP contribution in [0.3, 0.4) is 0 Å². The highest BCUT2D eigenvalue weighted by atomic mass is 32.2. The Balaban J connectivity index is 3.54. The molecule has 8 heteroatoms. The summed E-state index contributed by atoms with van der Waals surface area (Å²) in [5, 5.41) is -0.447. The molecule has 14 heavy (non-hydrogen) atoms. The molecule has 1 amide bonds.